The second-order valence-electron chi connectivity index (χ2n) is 2.80. The number of carbonyl (C=O) groups excluding carboxylic acids is 1. The molecule has 0 atom stereocenters. The van der Waals surface area contributed by atoms with E-state index in [9.17, 15) is 4.79 Å². The molecule has 0 aliphatic carbocycles. The van der Waals surface area contributed by atoms with Crippen molar-refractivity contribution in [2.45, 2.75) is 0 Å². The number of rotatable bonds is 2. The van der Waals surface area contributed by atoms with Crippen molar-refractivity contribution in [3.8, 4) is 0 Å². The van der Waals surface area contributed by atoms with Crippen molar-refractivity contribution in [1.82, 2.24) is 10.1 Å². The highest BCUT2D eigenvalue weighted by Gasteiger charge is 2.07. The average molecular weight is 239 g/mol. The molecule has 0 unspecified atom stereocenters. The Morgan fingerprint density at radius 1 is 1.31 bits per heavy atom. The molecule has 0 radical (unpaired) electrons. The highest BCUT2D eigenvalue weighted by atomic mass is 35.5. The van der Waals surface area contributed by atoms with Gasteiger partial charge in [0.05, 0.1) is 11.9 Å². The third-order valence-corrected chi connectivity index (χ3v) is 1.98. The van der Waals surface area contributed by atoms with Crippen LogP contribution < -0.4 is 10.6 Å². The average Bonchev–Trinajstić information content (AvgIpc) is 2.74. The molecule has 16 heavy (non-hydrogen) atoms. The second kappa shape index (κ2) is 4.63. The van der Waals surface area contributed by atoms with Crippen LogP contribution >= 0.6 is 11.6 Å². The first-order valence-electron chi connectivity index (χ1n) is 4.35. The molecule has 7 heteroatoms. The van der Waals surface area contributed by atoms with E-state index in [1.165, 1.54) is 18.5 Å². The maximum absolute atomic E-state index is 11.4. The maximum Gasteiger partial charge on any atom is 0.326 e. The van der Waals surface area contributed by atoms with Gasteiger partial charge in [0, 0.05) is 12.3 Å². The van der Waals surface area contributed by atoms with Crippen molar-refractivity contribution in [2.24, 2.45) is 0 Å². The molecule has 2 heterocycles. The van der Waals surface area contributed by atoms with E-state index in [2.05, 4.69) is 20.8 Å². The number of carbonyl (C=O) groups is 1. The number of hydrogen-bond donors (Lipinski definition) is 2. The molecule has 0 saturated carbocycles. The van der Waals surface area contributed by atoms with Gasteiger partial charge in [-0.3, -0.25) is 5.32 Å². The predicted octanol–water partition coefficient (Wildman–Crippen LogP) is 2.37. The number of amides is 2. The topological polar surface area (TPSA) is 80.0 Å². The van der Waals surface area contributed by atoms with Gasteiger partial charge in [-0.2, -0.15) is 0 Å². The minimum atomic E-state index is -0.480. The van der Waals surface area contributed by atoms with Gasteiger partial charge in [0.25, 0.3) is 0 Å². The fourth-order valence-corrected chi connectivity index (χ4v) is 1.19. The molecular weight excluding hydrogens is 232 g/mol. The van der Waals surface area contributed by atoms with E-state index in [-0.39, 0.29) is 11.0 Å². The molecule has 82 valence electrons. The van der Waals surface area contributed by atoms with Gasteiger partial charge in [0.2, 0.25) is 5.88 Å². The van der Waals surface area contributed by atoms with Gasteiger partial charge < -0.3 is 9.84 Å². The number of hydrogen-bond acceptors (Lipinski definition) is 4. The maximum atomic E-state index is 11.4. The van der Waals surface area contributed by atoms with Crippen LogP contribution in [0.3, 0.4) is 0 Å². The quantitative estimate of drug-likeness (QED) is 0.787. The van der Waals surface area contributed by atoms with Crippen molar-refractivity contribution < 1.29 is 9.32 Å². The van der Waals surface area contributed by atoms with Crippen LogP contribution in [0, 0.1) is 0 Å². The lowest BCUT2D eigenvalue weighted by atomic mass is 10.4. The van der Waals surface area contributed by atoms with Gasteiger partial charge in [-0.15, -0.1) is 0 Å². The third-order valence-electron chi connectivity index (χ3n) is 1.68. The molecule has 6 nitrogen and oxygen atoms in total. The Balaban J connectivity index is 2.00. The fourth-order valence-electron chi connectivity index (χ4n) is 1.02. The van der Waals surface area contributed by atoms with Gasteiger partial charge in [-0.05, 0) is 12.1 Å². The van der Waals surface area contributed by atoms with E-state index in [4.69, 9.17) is 16.1 Å². The molecule has 2 rings (SSSR count). The molecule has 0 fully saturated rings. The monoisotopic (exact) mass is 238 g/mol. The first-order valence-corrected chi connectivity index (χ1v) is 4.73. The van der Waals surface area contributed by atoms with Crippen molar-refractivity contribution in [1.29, 1.82) is 0 Å². The molecule has 0 spiro atoms. The first kappa shape index (κ1) is 10.4. The number of halogens is 1. The van der Waals surface area contributed by atoms with Gasteiger partial charge in [-0.25, -0.2) is 9.78 Å². The van der Waals surface area contributed by atoms with E-state index >= 15 is 0 Å². The van der Waals surface area contributed by atoms with Crippen LogP contribution in [0.2, 0.25) is 5.15 Å². The number of urea groups is 1. The second-order valence-corrected chi connectivity index (χ2v) is 3.16. The van der Waals surface area contributed by atoms with Crippen LogP contribution in [0.5, 0.6) is 0 Å². The highest BCUT2D eigenvalue weighted by Crippen LogP contribution is 2.17. The minimum absolute atomic E-state index is 0.218. The van der Waals surface area contributed by atoms with Crippen LogP contribution in [-0.4, -0.2) is 16.2 Å². The van der Waals surface area contributed by atoms with Gasteiger partial charge in [0.15, 0.2) is 5.15 Å². The molecular formula is C9H7ClN4O2. The Morgan fingerprint density at radius 2 is 2.19 bits per heavy atom. The highest BCUT2D eigenvalue weighted by molar-refractivity contribution is 6.32. The van der Waals surface area contributed by atoms with E-state index in [1.54, 1.807) is 12.1 Å². The fraction of sp³-hybridized carbons (Fsp3) is 0. The van der Waals surface area contributed by atoms with Crippen LogP contribution in [0.15, 0.2) is 35.1 Å². The summed E-state index contributed by atoms with van der Waals surface area (Å²) in [5.74, 6) is 0.248. The standard InChI is InChI=1S/C9H7ClN4O2/c10-8-6(2-1-4-11-8)13-9(15)14-7-3-5-12-16-7/h1-5H,(H2,13,14,15). The third kappa shape index (κ3) is 2.48. The van der Waals surface area contributed by atoms with E-state index in [1.807, 2.05) is 0 Å². The Hall–Kier alpha value is -2.08. The zero-order chi connectivity index (χ0) is 11.4. The lowest BCUT2D eigenvalue weighted by Crippen LogP contribution is -2.19. The SMILES string of the molecule is O=C(Nc1ccno1)Nc1cccnc1Cl. The smallest absolute Gasteiger partial charge is 0.326 e. The van der Waals surface area contributed by atoms with E-state index in [0.717, 1.165) is 0 Å². The summed E-state index contributed by atoms with van der Waals surface area (Å²) in [6, 6.07) is 4.34. The molecule has 0 aromatic carbocycles. The zero-order valence-corrected chi connectivity index (χ0v) is 8.73. The Morgan fingerprint density at radius 3 is 2.88 bits per heavy atom. The summed E-state index contributed by atoms with van der Waals surface area (Å²) < 4.78 is 4.70. The van der Waals surface area contributed by atoms with Gasteiger partial charge in [0.1, 0.15) is 0 Å². The van der Waals surface area contributed by atoms with Gasteiger partial charge >= 0.3 is 6.03 Å². The molecule has 2 N–H and O–H groups in total. The molecule has 2 aromatic rings. The van der Waals surface area contributed by atoms with Gasteiger partial charge in [-0.1, -0.05) is 16.8 Å². The summed E-state index contributed by atoms with van der Waals surface area (Å²) in [5, 5.41) is 8.61. The Kier molecular flexibility index (Phi) is 3.02. The predicted molar refractivity (Wildman–Crippen MR) is 58.4 cm³/mol. The molecule has 0 bridgehead atoms. The Labute approximate surface area is 95.6 Å². The number of nitrogens with zero attached hydrogens (tertiary/aromatic N) is 2. The summed E-state index contributed by atoms with van der Waals surface area (Å²) in [6.07, 6.45) is 2.95. The van der Waals surface area contributed by atoms with Crippen molar-refractivity contribution in [3.63, 3.8) is 0 Å². The van der Waals surface area contributed by atoms with E-state index < -0.39 is 6.03 Å². The normalized spacial score (nSPS) is 9.81. The summed E-state index contributed by atoms with van der Waals surface area (Å²) in [4.78, 5) is 15.3. The number of anilines is 2. The lowest BCUT2D eigenvalue weighted by Gasteiger charge is -2.05. The number of aromatic nitrogens is 2. The summed E-state index contributed by atoms with van der Waals surface area (Å²) in [5.41, 5.74) is 0.418. The summed E-state index contributed by atoms with van der Waals surface area (Å²) in [7, 11) is 0. The molecule has 0 saturated heterocycles. The molecule has 0 aliphatic heterocycles. The van der Waals surface area contributed by atoms with E-state index in [0.29, 0.717) is 5.69 Å². The Bertz CT molecular complexity index is 486. The number of nitrogens with one attached hydrogen (secondary N) is 2. The van der Waals surface area contributed by atoms with Crippen LogP contribution in [0.1, 0.15) is 0 Å². The summed E-state index contributed by atoms with van der Waals surface area (Å²) in [6.45, 7) is 0. The van der Waals surface area contributed by atoms with Crippen LogP contribution in [0.25, 0.3) is 0 Å². The largest absolute Gasteiger partial charge is 0.338 e. The first-order chi connectivity index (χ1) is 7.75. The molecule has 2 amide bonds. The van der Waals surface area contributed by atoms with Crippen LogP contribution in [-0.2, 0) is 0 Å². The van der Waals surface area contributed by atoms with Crippen molar-refractivity contribution in [3.05, 3.63) is 35.7 Å². The zero-order valence-electron chi connectivity index (χ0n) is 7.98. The molecule has 2 aromatic heterocycles. The minimum Gasteiger partial charge on any atom is -0.338 e. The summed E-state index contributed by atoms with van der Waals surface area (Å²) >= 11 is 5.76. The van der Waals surface area contributed by atoms with Crippen molar-refractivity contribution >= 4 is 29.2 Å². The lowest BCUT2D eigenvalue weighted by molar-refractivity contribution is 0.261. The molecule has 0 aliphatic rings. The van der Waals surface area contributed by atoms with Crippen LogP contribution in [0.4, 0.5) is 16.4 Å². The number of pyridine rings is 1. The van der Waals surface area contributed by atoms with Crippen molar-refractivity contribution in [2.75, 3.05) is 10.6 Å².